The number of hydrogen-bond donors (Lipinski definition) is 4. The van der Waals surface area contributed by atoms with Gasteiger partial charge in [0.15, 0.2) is 5.03 Å². The lowest BCUT2D eigenvalue weighted by atomic mass is 9.96. The predicted octanol–water partition coefficient (Wildman–Crippen LogP) is 2.36. The van der Waals surface area contributed by atoms with Crippen LogP contribution >= 0.6 is 0 Å². The Kier molecular flexibility index (Phi) is 10.0. The maximum Gasteiger partial charge on any atom is 0.337 e. The second-order valence-corrected chi connectivity index (χ2v) is 14.1. The molecule has 0 fully saturated rings. The molecule has 270 valence electrons. The zero-order chi connectivity index (χ0) is 38.1. The van der Waals surface area contributed by atoms with Gasteiger partial charge in [0, 0.05) is 37.3 Å². The second-order valence-electron chi connectivity index (χ2n) is 12.5. The third-order valence-corrected chi connectivity index (χ3v) is 8.93. The van der Waals surface area contributed by atoms with Crippen LogP contribution in [-0.2, 0) is 33.1 Å². The molecule has 0 aliphatic rings. The van der Waals surface area contributed by atoms with Gasteiger partial charge in [-0.05, 0) is 35.9 Å². The molecule has 19 heteroatoms. The zero-order valence-electron chi connectivity index (χ0n) is 27.8. The molecule has 5 rings (SSSR count). The van der Waals surface area contributed by atoms with Crippen LogP contribution in [0.15, 0.2) is 81.9 Å². The van der Waals surface area contributed by atoms with Crippen molar-refractivity contribution in [3.8, 4) is 5.82 Å². The normalized spacial score (nSPS) is 12.3. The maximum atomic E-state index is 15.1. The number of rotatable bonds is 10. The first-order valence-electron chi connectivity index (χ1n) is 15.2. The van der Waals surface area contributed by atoms with Crippen molar-refractivity contribution in [1.29, 1.82) is 0 Å². The van der Waals surface area contributed by atoms with E-state index in [1.165, 1.54) is 54.5 Å². The van der Waals surface area contributed by atoms with E-state index in [-0.39, 0.29) is 28.4 Å². The molecule has 2 amide bonds. The molecule has 16 nitrogen and oxygen atoms in total. The highest BCUT2D eigenvalue weighted by molar-refractivity contribution is 7.92. The number of carbonyl (C=O) groups is 3. The third kappa shape index (κ3) is 7.68. The summed E-state index contributed by atoms with van der Waals surface area (Å²) < 4.78 is 59.7. The molecule has 0 aliphatic heterocycles. The number of pyridine rings is 3. The molecule has 1 atom stereocenters. The first-order chi connectivity index (χ1) is 24.4. The number of fused-ring (bicyclic) bond motifs is 1. The standard InChI is InChI=1S/C33H30F2N8O8S/c1-33(2,3)31(48)39-18-6-8-27(38-15-18)52(50,51)41-23-13-21(34)20(12-22(23)35)28(44)40-24(30(46)47)11-17-5-7-26(37-14-17)43-29(45)19-9-10-36-16-25(19)42(4)32(43)49/h5-10,12-16,24,41H,11H2,1-4H3,(H,39,48)(H,40,44)(H,46,47)/t24-/m0/s1. The Morgan fingerprint density at radius 1 is 0.962 bits per heavy atom. The second kappa shape index (κ2) is 14.1. The van der Waals surface area contributed by atoms with Gasteiger partial charge in [0.2, 0.25) is 5.91 Å². The van der Waals surface area contributed by atoms with E-state index in [2.05, 4.69) is 25.6 Å². The highest BCUT2D eigenvalue weighted by Crippen LogP contribution is 2.24. The van der Waals surface area contributed by atoms with Crippen molar-refractivity contribution < 1.29 is 36.7 Å². The van der Waals surface area contributed by atoms with Crippen LogP contribution in [0.25, 0.3) is 16.7 Å². The lowest BCUT2D eigenvalue weighted by Gasteiger charge is -2.17. The van der Waals surface area contributed by atoms with Gasteiger partial charge in [0.1, 0.15) is 23.5 Å². The number of hydrogen-bond acceptors (Lipinski definition) is 10. The van der Waals surface area contributed by atoms with Crippen LogP contribution in [0.4, 0.5) is 20.2 Å². The summed E-state index contributed by atoms with van der Waals surface area (Å²) in [4.78, 5) is 74.9. The molecule has 0 saturated carbocycles. The van der Waals surface area contributed by atoms with Crippen LogP contribution in [0.2, 0.25) is 0 Å². The number of aryl methyl sites for hydroxylation is 1. The molecule has 0 unspecified atom stereocenters. The van der Waals surface area contributed by atoms with E-state index < -0.39 is 78.9 Å². The van der Waals surface area contributed by atoms with Gasteiger partial charge in [-0.25, -0.2) is 32.9 Å². The van der Waals surface area contributed by atoms with E-state index in [9.17, 15) is 37.5 Å². The van der Waals surface area contributed by atoms with Crippen LogP contribution in [-0.4, -0.2) is 61.4 Å². The topological polar surface area (TPSA) is 224 Å². The third-order valence-electron chi connectivity index (χ3n) is 7.65. The van der Waals surface area contributed by atoms with E-state index in [4.69, 9.17) is 0 Å². The van der Waals surface area contributed by atoms with Crippen molar-refractivity contribution in [1.82, 2.24) is 29.4 Å². The van der Waals surface area contributed by atoms with Gasteiger partial charge in [0.25, 0.3) is 21.5 Å². The summed E-state index contributed by atoms with van der Waals surface area (Å²) in [5.74, 6) is -6.00. The number of nitrogens with zero attached hydrogens (tertiary/aromatic N) is 5. The highest BCUT2D eigenvalue weighted by Gasteiger charge is 2.27. The smallest absolute Gasteiger partial charge is 0.337 e. The number of halogens is 2. The molecule has 1 aromatic carbocycles. The summed E-state index contributed by atoms with van der Waals surface area (Å²) in [6.45, 7) is 5.02. The average molecular weight is 737 g/mol. The van der Waals surface area contributed by atoms with Crippen molar-refractivity contribution in [3.63, 3.8) is 0 Å². The number of carboxylic acids is 1. The van der Waals surface area contributed by atoms with Crippen molar-refractivity contribution >= 4 is 50.1 Å². The Bertz CT molecular complexity index is 2460. The molecular formula is C33H30F2N8O8S. The summed E-state index contributed by atoms with van der Waals surface area (Å²) in [6.07, 6.45) is 4.62. The van der Waals surface area contributed by atoms with Crippen LogP contribution in [0.3, 0.4) is 0 Å². The van der Waals surface area contributed by atoms with Gasteiger partial charge in [-0.1, -0.05) is 26.8 Å². The minimum atomic E-state index is -4.57. The lowest BCUT2D eigenvalue weighted by Crippen LogP contribution is -2.42. The van der Waals surface area contributed by atoms with Gasteiger partial charge in [0.05, 0.1) is 40.2 Å². The Balaban J connectivity index is 1.29. The molecule has 4 aromatic heterocycles. The molecule has 0 spiro atoms. The number of nitrogens with one attached hydrogen (secondary N) is 3. The first-order valence-corrected chi connectivity index (χ1v) is 16.7. The van der Waals surface area contributed by atoms with Gasteiger partial charge >= 0.3 is 11.7 Å². The Morgan fingerprint density at radius 2 is 1.69 bits per heavy atom. The molecule has 0 radical (unpaired) electrons. The molecule has 5 aromatic rings. The van der Waals surface area contributed by atoms with Crippen molar-refractivity contribution in [2.75, 3.05) is 10.0 Å². The Labute approximate surface area is 293 Å². The molecule has 4 N–H and O–H groups in total. The first kappa shape index (κ1) is 36.9. The number of anilines is 2. The van der Waals surface area contributed by atoms with E-state index in [0.717, 1.165) is 16.8 Å². The summed E-state index contributed by atoms with van der Waals surface area (Å²) in [5, 5.41) is 14.1. The fourth-order valence-electron chi connectivity index (χ4n) is 4.77. The lowest BCUT2D eigenvalue weighted by molar-refractivity contribution is -0.139. The molecule has 0 bridgehead atoms. The van der Waals surface area contributed by atoms with Crippen molar-refractivity contribution in [3.05, 3.63) is 111 Å². The number of carboxylic acid groups (broad SMARTS) is 1. The van der Waals surface area contributed by atoms with Gasteiger partial charge in [-0.2, -0.15) is 8.42 Å². The fourth-order valence-corrected chi connectivity index (χ4v) is 5.76. The largest absolute Gasteiger partial charge is 0.480 e. The number of amides is 2. The molecule has 0 saturated heterocycles. The van der Waals surface area contributed by atoms with E-state index >= 15 is 8.78 Å². The number of sulfonamides is 1. The summed E-state index contributed by atoms with van der Waals surface area (Å²) in [6, 6.07) is 5.54. The quantitative estimate of drug-likeness (QED) is 0.163. The molecular weight excluding hydrogens is 706 g/mol. The molecule has 52 heavy (non-hydrogen) atoms. The SMILES string of the molecule is Cn1c(=O)n(-c2ccc(C[C@H](NC(=O)c3cc(F)c(NS(=O)(=O)c4ccc(NC(=O)C(C)(C)C)cn4)cc3F)C(=O)O)cn2)c(=O)c2ccncc21. The van der Waals surface area contributed by atoms with Crippen LogP contribution in [0.5, 0.6) is 0 Å². The maximum absolute atomic E-state index is 15.1. The van der Waals surface area contributed by atoms with E-state index in [0.29, 0.717) is 17.6 Å². The van der Waals surface area contributed by atoms with Crippen LogP contribution < -0.4 is 26.6 Å². The van der Waals surface area contributed by atoms with Crippen LogP contribution in [0.1, 0.15) is 36.7 Å². The Morgan fingerprint density at radius 3 is 2.31 bits per heavy atom. The van der Waals surface area contributed by atoms with Crippen molar-refractivity contribution in [2.45, 2.75) is 38.3 Å². The van der Waals surface area contributed by atoms with Gasteiger partial charge in [-0.15, -0.1) is 0 Å². The summed E-state index contributed by atoms with van der Waals surface area (Å²) in [7, 11) is -3.11. The van der Waals surface area contributed by atoms with Gasteiger partial charge in [-0.3, -0.25) is 28.7 Å². The van der Waals surface area contributed by atoms with Gasteiger partial charge < -0.3 is 15.7 Å². The average Bonchev–Trinajstić information content (AvgIpc) is 3.08. The summed E-state index contributed by atoms with van der Waals surface area (Å²) >= 11 is 0. The number of aliphatic carboxylic acids is 1. The summed E-state index contributed by atoms with van der Waals surface area (Å²) in [5.41, 5.74) is -3.13. The predicted molar refractivity (Wildman–Crippen MR) is 182 cm³/mol. The van der Waals surface area contributed by atoms with E-state index in [1.54, 1.807) is 20.8 Å². The van der Waals surface area contributed by atoms with Crippen molar-refractivity contribution in [2.24, 2.45) is 12.5 Å². The number of aromatic nitrogens is 5. The zero-order valence-corrected chi connectivity index (χ0v) is 28.7. The number of benzene rings is 1. The number of carbonyl (C=O) groups excluding carboxylic acids is 2. The van der Waals surface area contributed by atoms with E-state index in [1.807, 2.05) is 4.72 Å². The fraction of sp³-hybridized carbons (Fsp3) is 0.212. The highest BCUT2D eigenvalue weighted by atomic mass is 32.2. The minimum Gasteiger partial charge on any atom is -0.480 e. The minimum absolute atomic E-state index is 0.0605. The Hall–Kier alpha value is -6.37. The molecule has 0 aliphatic carbocycles. The molecule has 4 heterocycles. The van der Waals surface area contributed by atoms with Crippen LogP contribution in [0, 0.1) is 17.0 Å². The monoisotopic (exact) mass is 736 g/mol.